The monoisotopic (exact) mass is 256 g/mol. The second-order valence-electron chi connectivity index (χ2n) is 5.35. The molecule has 19 heavy (non-hydrogen) atoms. The number of anilines is 1. The molecule has 0 atom stereocenters. The number of hydrogen-bond donors (Lipinski definition) is 1. The Morgan fingerprint density at radius 3 is 2.89 bits per heavy atom. The van der Waals surface area contributed by atoms with Crippen LogP contribution in [0.3, 0.4) is 0 Å². The van der Waals surface area contributed by atoms with Gasteiger partial charge in [-0.15, -0.1) is 0 Å². The Hall–Kier alpha value is -1.74. The molecule has 3 rings (SSSR count). The molecule has 3 heteroatoms. The molecule has 1 aromatic carbocycles. The first-order valence-corrected chi connectivity index (χ1v) is 6.80. The average molecular weight is 256 g/mol. The third-order valence-corrected chi connectivity index (χ3v) is 3.56. The molecule has 0 saturated heterocycles. The zero-order valence-electron chi connectivity index (χ0n) is 11.6. The summed E-state index contributed by atoms with van der Waals surface area (Å²) >= 11 is 0. The zero-order chi connectivity index (χ0) is 13.2. The van der Waals surface area contributed by atoms with E-state index in [0.717, 1.165) is 37.6 Å². The summed E-state index contributed by atoms with van der Waals surface area (Å²) in [5, 5.41) is 3.43. The third kappa shape index (κ3) is 2.82. The van der Waals surface area contributed by atoms with Crippen LogP contribution in [0.1, 0.15) is 22.6 Å². The molecule has 100 valence electrons. The predicted octanol–water partition coefficient (Wildman–Crippen LogP) is 3.19. The van der Waals surface area contributed by atoms with Gasteiger partial charge in [-0.1, -0.05) is 12.1 Å². The van der Waals surface area contributed by atoms with Gasteiger partial charge in [0.1, 0.15) is 11.5 Å². The average Bonchev–Trinajstić information content (AvgIpc) is 2.97. The van der Waals surface area contributed by atoms with Crippen molar-refractivity contribution in [2.24, 2.45) is 0 Å². The fourth-order valence-corrected chi connectivity index (χ4v) is 2.64. The summed E-state index contributed by atoms with van der Waals surface area (Å²) in [6.07, 6.45) is 1.15. The molecule has 1 aliphatic rings. The van der Waals surface area contributed by atoms with Crippen molar-refractivity contribution in [1.82, 2.24) is 4.90 Å². The van der Waals surface area contributed by atoms with Crippen molar-refractivity contribution >= 4 is 5.69 Å². The van der Waals surface area contributed by atoms with Gasteiger partial charge in [0, 0.05) is 18.8 Å². The van der Waals surface area contributed by atoms with Crippen molar-refractivity contribution < 1.29 is 4.42 Å². The van der Waals surface area contributed by atoms with E-state index in [2.05, 4.69) is 41.5 Å². The van der Waals surface area contributed by atoms with Crippen LogP contribution in [0.5, 0.6) is 0 Å². The lowest BCUT2D eigenvalue weighted by molar-refractivity contribution is 0.285. The van der Waals surface area contributed by atoms with Crippen molar-refractivity contribution in [2.45, 2.75) is 26.4 Å². The number of aryl methyl sites for hydroxylation is 1. The Kier molecular flexibility index (Phi) is 3.30. The minimum Gasteiger partial charge on any atom is -0.465 e. The SMILES string of the molecule is Cc1ccc(CN(C)Cc2ccc3c(c2)NCC3)o1. The molecule has 2 aromatic rings. The standard InChI is InChI=1S/C16H20N2O/c1-12-3-6-15(19-12)11-18(2)10-13-4-5-14-7-8-17-16(14)9-13/h3-6,9,17H,7-8,10-11H2,1-2H3. The van der Waals surface area contributed by atoms with Crippen LogP contribution in [0.25, 0.3) is 0 Å². The first-order valence-electron chi connectivity index (χ1n) is 6.80. The van der Waals surface area contributed by atoms with E-state index < -0.39 is 0 Å². The largest absolute Gasteiger partial charge is 0.465 e. The number of rotatable bonds is 4. The van der Waals surface area contributed by atoms with E-state index in [1.165, 1.54) is 16.8 Å². The summed E-state index contributed by atoms with van der Waals surface area (Å²) in [7, 11) is 2.12. The normalized spacial score (nSPS) is 13.6. The van der Waals surface area contributed by atoms with Crippen molar-refractivity contribution in [3.63, 3.8) is 0 Å². The van der Waals surface area contributed by atoms with E-state index in [1.807, 2.05) is 13.0 Å². The van der Waals surface area contributed by atoms with Gasteiger partial charge in [-0.05, 0) is 49.7 Å². The molecule has 0 aliphatic carbocycles. The number of nitrogens with zero attached hydrogens (tertiary/aromatic N) is 1. The highest BCUT2D eigenvalue weighted by Gasteiger charge is 2.11. The number of nitrogens with one attached hydrogen (secondary N) is 1. The summed E-state index contributed by atoms with van der Waals surface area (Å²) in [6.45, 7) is 4.84. The maximum atomic E-state index is 5.61. The molecule has 0 unspecified atom stereocenters. The zero-order valence-corrected chi connectivity index (χ0v) is 11.6. The quantitative estimate of drug-likeness (QED) is 0.910. The van der Waals surface area contributed by atoms with Gasteiger partial charge in [-0.25, -0.2) is 0 Å². The molecule has 0 radical (unpaired) electrons. The van der Waals surface area contributed by atoms with Crippen LogP contribution >= 0.6 is 0 Å². The highest BCUT2D eigenvalue weighted by Crippen LogP contribution is 2.24. The van der Waals surface area contributed by atoms with Crippen LogP contribution in [0.4, 0.5) is 5.69 Å². The molecule has 2 heterocycles. The van der Waals surface area contributed by atoms with Crippen LogP contribution < -0.4 is 5.32 Å². The lowest BCUT2D eigenvalue weighted by Gasteiger charge is -2.16. The topological polar surface area (TPSA) is 28.4 Å². The molecule has 0 spiro atoms. The van der Waals surface area contributed by atoms with Crippen LogP contribution in [-0.4, -0.2) is 18.5 Å². The van der Waals surface area contributed by atoms with Gasteiger partial charge in [0.15, 0.2) is 0 Å². The molecule has 1 aromatic heterocycles. The fourth-order valence-electron chi connectivity index (χ4n) is 2.64. The van der Waals surface area contributed by atoms with Gasteiger partial charge in [-0.2, -0.15) is 0 Å². The highest BCUT2D eigenvalue weighted by atomic mass is 16.3. The van der Waals surface area contributed by atoms with Crippen LogP contribution in [0.15, 0.2) is 34.7 Å². The molecular formula is C16H20N2O. The van der Waals surface area contributed by atoms with Crippen molar-refractivity contribution in [2.75, 3.05) is 18.9 Å². The van der Waals surface area contributed by atoms with Crippen LogP contribution in [0, 0.1) is 6.92 Å². The van der Waals surface area contributed by atoms with E-state index in [4.69, 9.17) is 4.42 Å². The number of furan rings is 1. The highest BCUT2D eigenvalue weighted by molar-refractivity contribution is 5.56. The van der Waals surface area contributed by atoms with E-state index in [0.29, 0.717) is 0 Å². The van der Waals surface area contributed by atoms with E-state index in [1.54, 1.807) is 0 Å². The first kappa shape index (κ1) is 12.3. The summed E-state index contributed by atoms with van der Waals surface area (Å²) in [5.41, 5.74) is 4.09. The summed E-state index contributed by atoms with van der Waals surface area (Å²) in [4.78, 5) is 2.27. The molecule has 3 nitrogen and oxygen atoms in total. The van der Waals surface area contributed by atoms with Gasteiger partial charge in [0.2, 0.25) is 0 Å². The van der Waals surface area contributed by atoms with E-state index >= 15 is 0 Å². The Labute approximate surface area is 114 Å². The lowest BCUT2D eigenvalue weighted by Crippen LogP contribution is -2.16. The van der Waals surface area contributed by atoms with Gasteiger partial charge in [-0.3, -0.25) is 4.90 Å². The van der Waals surface area contributed by atoms with Crippen LogP contribution in [0.2, 0.25) is 0 Å². The van der Waals surface area contributed by atoms with Crippen LogP contribution in [-0.2, 0) is 19.5 Å². The van der Waals surface area contributed by atoms with Gasteiger partial charge >= 0.3 is 0 Å². The Balaban J connectivity index is 1.64. The molecule has 0 fully saturated rings. The van der Waals surface area contributed by atoms with Crippen molar-refractivity contribution in [1.29, 1.82) is 0 Å². The summed E-state index contributed by atoms with van der Waals surface area (Å²) < 4.78 is 5.61. The maximum Gasteiger partial charge on any atom is 0.118 e. The number of hydrogen-bond acceptors (Lipinski definition) is 3. The van der Waals surface area contributed by atoms with Gasteiger partial charge < -0.3 is 9.73 Å². The molecule has 1 aliphatic heterocycles. The second kappa shape index (κ2) is 5.10. The minimum atomic E-state index is 0.846. The Morgan fingerprint density at radius 2 is 2.11 bits per heavy atom. The molecule has 0 saturated carbocycles. The van der Waals surface area contributed by atoms with E-state index in [-0.39, 0.29) is 0 Å². The van der Waals surface area contributed by atoms with Gasteiger partial charge in [0.25, 0.3) is 0 Å². The van der Waals surface area contributed by atoms with Gasteiger partial charge in [0.05, 0.1) is 6.54 Å². The second-order valence-corrected chi connectivity index (χ2v) is 5.35. The summed E-state index contributed by atoms with van der Waals surface area (Å²) in [6, 6.07) is 10.8. The molecular weight excluding hydrogens is 236 g/mol. The first-order chi connectivity index (χ1) is 9.20. The lowest BCUT2D eigenvalue weighted by atomic mass is 10.1. The predicted molar refractivity (Wildman–Crippen MR) is 77.3 cm³/mol. The fraction of sp³-hybridized carbons (Fsp3) is 0.375. The smallest absolute Gasteiger partial charge is 0.118 e. The minimum absolute atomic E-state index is 0.846. The summed E-state index contributed by atoms with van der Waals surface area (Å²) in [5.74, 6) is 2.00. The Morgan fingerprint density at radius 1 is 1.21 bits per heavy atom. The van der Waals surface area contributed by atoms with E-state index in [9.17, 15) is 0 Å². The number of benzene rings is 1. The van der Waals surface area contributed by atoms with Crippen molar-refractivity contribution in [3.05, 3.63) is 53.0 Å². The molecule has 0 amide bonds. The molecule has 0 bridgehead atoms. The number of fused-ring (bicyclic) bond motifs is 1. The third-order valence-electron chi connectivity index (χ3n) is 3.56. The molecule has 1 N–H and O–H groups in total. The Bertz CT molecular complexity index is 574. The maximum absolute atomic E-state index is 5.61. The van der Waals surface area contributed by atoms with Crippen molar-refractivity contribution in [3.8, 4) is 0 Å².